The number of nitrogens with zero attached hydrogens (tertiary/aromatic N) is 1. The molecule has 0 heterocycles. The highest BCUT2D eigenvalue weighted by Crippen LogP contribution is 2.23. The summed E-state index contributed by atoms with van der Waals surface area (Å²) >= 11 is 0. The zero-order valence-corrected chi connectivity index (χ0v) is 10.7. The summed E-state index contributed by atoms with van der Waals surface area (Å²) in [5, 5.41) is 0. The molecule has 0 radical (unpaired) electrons. The summed E-state index contributed by atoms with van der Waals surface area (Å²) < 4.78 is 5.37. The van der Waals surface area contributed by atoms with Crippen molar-refractivity contribution in [2.24, 2.45) is 5.92 Å². The van der Waals surface area contributed by atoms with E-state index >= 15 is 0 Å². The molecule has 0 bridgehead atoms. The second kappa shape index (κ2) is 7.53. The molecule has 3 heteroatoms. The standard InChI is InChI=1S/C13H25NO2/c1-3-10-14(4-2)13(15)16-11-12-8-6-5-7-9-12/h12H,3-11H2,1-2H3. The highest BCUT2D eigenvalue weighted by molar-refractivity contribution is 5.67. The van der Waals surface area contributed by atoms with Gasteiger partial charge < -0.3 is 9.64 Å². The summed E-state index contributed by atoms with van der Waals surface area (Å²) in [4.78, 5) is 13.5. The molecule has 1 fully saturated rings. The van der Waals surface area contributed by atoms with Gasteiger partial charge in [-0.05, 0) is 32.1 Å². The van der Waals surface area contributed by atoms with Crippen molar-refractivity contribution in [2.75, 3.05) is 19.7 Å². The van der Waals surface area contributed by atoms with Gasteiger partial charge in [0.15, 0.2) is 0 Å². The Morgan fingerprint density at radius 2 is 1.94 bits per heavy atom. The number of rotatable bonds is 5. The van der Waals surface area contributed by atoms with Crippen molar-refractivity contribution in [1.29, 1.82) is 0 Å². The number of carbonyl (C=O) groups is 1. The third-order valence-electron chi connectivity index (χ3n) is 3.30. The van der Waals surface area contributed by atoms with Gasteiger partial charge in [0.05, 0.1) is 6.61 Å². The van der Waals surface area contributed by atoms with Crippen molar-refractivity contribution in [3.63, 3.8) is 0 Å². The fourth-order valence-electron chi connectivity index (χ4n) is 2.28. The van der Waals surface area contributed by atoms with E-state index in [9.17, 15) is 4.79 Å². The molecule has 1 aliphatic carbocycles. The maximum atomic E-state index is 11.7. The Kier molecular flexibility index (Phi) is 6.27. The molecule has 0 atom stereocenters. The fourth-order valence-corrected chi connectivity index (χ4v) is 2.28. The molecule has 0 saturated heterocycles. The quantitative estimate of drug-likeness (QED) is 0.720. The molecular formula is C13H25NO2. The van der Waals surface area contributed by atoms with E-state index in [0.29, 0.717) is 12.5 Å². The lowest BCUT2D eigenvalue weighted by Crippen LogP contribution is -2.33. The van der Waals surface area contributed by atoms with Crippen LogP contribution in [-0.2, 0) is 4.74 Å². The van der Waals surface area contributed by atoms with Gasteiger partial charge in [0.25, 0.3) is 0 Å². The molecule has 0 aromatic carbocycles. The topological polar surface area (TPSA) is 29.5 Å². The van der Waals surface area contributed by atoms with Crippen LogP contribution < -0.4 is 0 Å². The number of ether oxygens (including phenoxy) is 1. The Hall–Kier alpha value is -0.730. The Bertz CT molecular complexity index is 200. The number of hydrogen-bond donors (Lipinski definition) is 0. The van der Waals surface area contributed by atoms with Crippen molar-refractivity contribution in [3.8, 4) is 0 Å². The fraction of sp³-hybridized carbons (Fsp3) is 0.923. The van der Waals surface area contributed by atoms with Gasteiger partial charge >= 0.3 is 6.09 Å². The Labute approximate surface area is 99.1 Å². The molecule has 1 rings (SSSR count). The van der Waals surface area contributed by atoms with Gasteiger partial charge in [0.2, 0.25) is 0 Å². The summed E-state index contributed by atoms with van der Waals surface area (Å²) in [7, 11) is 0. The van der Waals surface area contributed by atoms with Crippen LogP contribution in [0.25, 0.3) is 0 Å². The molecule has 0 spiro atoms. The zero-order chi connectivity index (χ0) is 11.8. The summed E-state index contributed by atoms with van der Waals surface area (Å²) in [6.45, 7) is 6.25. The Balaban J connectivity index is 2.21. The van der Waals surface area contributed by atoms with Crippen LogP contribution in [-0.4, -0.2) is 30.7 Å². The lowest BCUT2D eigenvalue weighted by molar-refractivity contribution is 0.0818. The largest absolute Gasteiger partial charge is 0.449 e. The summed E-state index contributed by atoms with van der Waals surface area (Å²) in [5.41, 5.74) is 0. The number of hydrogen-bond acceptors (Lipinski definition) is 2. The van der Waals surface area contributed by atoms with Gasteiger partial charge in [-0.15, -0.1) is 0 Å². The zero-order valence-electron chi connectivity index (χ0n) is 10.7. The lowest BCUT2D eigenvalue weighted by Gasteiger charge is -2.24. The van der Waals surface area contributed by atoms with E-state index in [0.717, 1.165) is 19.5 Å². The van der Waals surface area contributed by atoms with Gasteiger partial charge in [-0.1, -0.05) is 26.2 Å². The minimum atomic E-state index is -0.130. The monoisotopic (exact) mass is 227 g/mol. The molecule has 3 nitrogen and oxygen atoms in total. The Morgan fingerprint density at radius 3 is 2.50 bits per heavy atom. The van der Waals surface area contributed by atoms with Crippen LogP contribution >= 0.6 is 0 Å². The maximum Gasteiger partial charge on any atom is 0.409 e. The third kappa shape index (κ3) is 4.42. The summed E-state index contributed by atoms with van der Waals surface area (Å²) in [6.07, 6.45) is 7.27. The SMILES string of the molecule is CCCN(CC)C(=O)OCC1CCCCC1. The van der Waals surface area contributed by atoms with E-state index in [4.69, 9.17) is 4.74 Å². The van der Waals surface area contributed by atoms with Crippen molar-refractivity contribution in [3.05, 3.63) is 0 Å². The highest BCUT2D eigenvalue weighted by Gasteiger charge is 2.17. The van der Waals surface area contributed by atoms with Gasteiger partial charge in [0, 0.05) is 13.1 Å². The van der Waals surface area contributed by atoms with Gasteiger partial charge in [0.1, 0.15) is 0 Å². The third-order valence-corrected chi connectivity index (χ3v) is 3.30. The second-order valence-corrected chi connectivity index (χ2v) is 4.66. The first-order valence-electron chi connectivity index (χ1n) is 6.69. The van der Waals surface area contributed by atoms with Crippen LogP contribution in [0.5, 0.6) is 0 Å². The predicted octanol–water partition coefficient (Wildman–Crippen LogP) is 3.44. The second-order valence-electron chi connectivity index (χ2n) is 4.66. The minimum absolute atomic E-state index is 0.130. The van der Waals surface area contributed by atoms with Crippen molar-refractivity contribution < 1.29 is 9.53 Å². The first-order chi connectivity index (χ1) is 7.77. The molecule has 0 aromatic heterocycles. The smallest absolute Gasteiger partial charge is 0.409 e. The van der Waals surface area contributed by atoms with Crippen LogP contribution in [0, 0.1) is 5.92 Å². The van der Waals surface area contributed by atoms with E-state index in [1.807, 2.05) is 6.92 Å². The molecule has 0 aromatic rings. The molecule has 1 saturated carbocycles. The van der Waals surface area contributed by atoms with Crippen LogP contribution in [0.2, 0.25) is 0 Å². The molecule has 0 N–H and O–H groups in total. The van der Waals surface area contributed by atoms with Gasteiger partial charge in [-0.2, -0.15) is 0 Å². The van der Waals surface area contributed by atoms with E-state index in [1.54, 1.807) is 4.90 Å². The summed E-state index contributed by atoms with van der Waals surface area (Å²) in [6, 6.07) is 0. The first kappa shape index (κ1) is 13.3. The van der Waals surface area contributed by atoms with Crippen LogP contribution in [0.15, 0.2) is 0 Å². The van der Waals surface area contributed by atoms with E-state index < -0.39 is 0 Å². The Morgan fingerprint density at radius 1 is 1.25 bits per heavy atom. The minimum Gasteiger partial charge on any atom is -0.449 e. The number of amides is 1. The summed E-state index contributed by atoms with van der Waals surface area (Å²) in [5.74, 6) is 0.609. The normalized spacial score (nSPS) is 17.1. The van der Waals surface area contributed by atoms with Crippen LogP contribution in [0.1, 0.15) is 52.4 Å². The molecular weight excluding hydrogens is 202 g/mol. The molecule has 0 aliphatic heterocycles. The maximum absolute atomic E-state index is 11.7. The van der Waals surface area contributed by atoms with Crippen LogP contribution in [0.4, 0.5) is 4.79 Å². The highest BCUT2D eigenvalue weighted by atomic mass is 16.6. The molecule has 0 unspecified atom stereocenters. The molecule has 1 amide bonds. The van der Waals surface area contributed by atoms with Crippen molar-refractivity contribution >= 4 is 6.09 Å². The van der Waals surface area contributed by atoms with E-state index in [-0.39, 0.29) is 6.09 Å². The molecule has 16 heavy (non-hydrogen) atoms. The number of carbonyl (C=O) groups excluding carboxylic acids is 1. The average molecular weight is 227 g/mol. The van der Waals surface area contributed by atoms with E-state index in [2.05, 4.69) is 6.92 Å². The van der Waals surface area contributed by atoms with Crippen molar-refractivity contribution in [1.82, 2.24) is 4.90 Å². The molecule has 94 valence electrons. The lowest BCUT2D eigenvalue weighted by atomic mass is 9.90. The van der Waals surface area contributed by atoms with Gasteiger partial charge in [-0.3, -0.25) is 0 Å². The van der Waals surface area contributed by atoms with Crippen LogP contribution in [0.3, 0.4) is 0 Å². The van der Waals surface area contributed by atoms with E-state index in [1.165, 1.54) is 32.1 Å². The first-order valence-corrected chi connectivity index (χ1v) is 6.69. The predicted molar refractivity (Wildman–Crippen MR) is 65.5 cm³/mol. The van der Waals surface area contributed by atoms with Crippen molar-refractivity contribution in [2.45, 2.75) is 52.4 Å². The van der Waals surface area contributed by atoms with Gasteiger partial charge in [-0.25, -0.2) is 4.79 Å². The average Bonchev–Trinajstić information content (AvgIpc) is 2.34. The molecule has 1 aliphatic rings.